The number of non-ortho nitro benzene ring substituents is 1. The molecule has 0 unspecified atom stereocenters. The van der Waals surface area contributed by atoms with E-state index in [0.717, 1.165) is 12.8 Å². The number of nitro benzene ring substituents is 1. The maximum absolute atomic E-state index is 12.3. The Morgan fingerprint density at radius 3 is 2.43 bits per heavy atom. The van der Waals surface area contributed by atoms with Gasteiger partial charge in [0.05, 0.1) is 30.2 Å². The highest BCUT2D eigenvalue weighted by Gasteiger charge is 2.27. The number of rotatable bonds is 7. The van der Waals surface area contributed by atoms with Gasteiger partial charge in [0.2, 0.25) is 0 Å². The second-order valence-electron chi connectivity index (χ2n) is 9.80. The molecule has 2 heterocycles. The van der Waals surface area contributed by atoms with Crippen LogP contribution < -0.4 is 14.2 Å². The fourth-order valence-electron chi connectivity index (χ4n) is 3.98. The van der Waals surface area contributed by atoms with Gasteiger partial charge in [0.25, 0.3) is 5.69 Å². The van der Waals surface area contributed by atoms with E-state index in [2.05, 4.69) is 10.2 Å². The molecule has 11 nitrogen and oxygen atoms in total. The van der Waals surface area contributed by atoms with Crippen molar-refractivity contribution in [3.8, 4) is 23.0 Å². The van der Waals surface area contributed by atoms with Gasteiger partial charge in [-0.3, -0.25) is 10.1 Å². The molecule has 196 valence electrons. The van der Waals surface area contributed by atoms with Gasteiger partial charge in [-0.2, -0.15) is 10.2 Å². The molecule has 0 atom stereocenters. The zero-order valence-electron chi connectivity index (χ0n) is 21.3. The second-order valence-corrected chi connectivity index (χ2v) is 9.80. The van der Waals surface area contributed by atoms with E-state index in [4.69, 9.17) is 18.9 Å². The summed E-state index contributed by atoms with van der Waals surface area (Å²) in [6.45, 7) is 7.28. The largest absolute Gasteiger partial charge is 0.493 e. The van der Waals surface area contributed by atoms with E-state index >= 15 is 0 Å². The first-order chi connectivity index (χ1) is 17.6. The molecule has 4 rings (SSSR count). The van der Waals surface area contributed by atoms with Crippen molar-refractivity contribution in [2.45, 2.75) is 39.2 Å². The smallest absolute Gasteiger partial charge is 0.410 e. The van der Waals surface area contributed by atoms with Crippen LogP contribution in [0.1, 0.15) is 33.6 Å². The average molecular weight is 511 g/mol. The molecule has 1 aliphatic rings. The number of hydrogen-bond acceptors (Lipinski definition) is 9. The maximum atomic E-state index is 12.3. The summed E-state index contributed by atoms with van der Waals surface area (Å²) >= 11 is 0. The molecule has 1 aliphatic heterocycles. The number of carbonyl (C=O) groups is 1. The van der Waals surface area contributed by atoms with Crippen molar-refractivity contribution in [2.75, 3.05) is 26.8 Å². The average Bonchev–Trinajstić information content (AvgIpc) is 2.86. The summed E-state index contributed by atoms with van der Waals surface area (Å²) in [7, 11) is 1.55. The number of piperidine rings is 1. The highest BCUT2D eigenvalue weighted by atomic mass is 16.6. The van der Waals surface area contributed by atoms with Gasteiger partial charge in [0, 0.05) is 31.3 Å². The maximum Gasteiger partial charge on any atom is 0.410 e. The molecule has 0 bridgehead atoms. The van der Waals surface area contributed by atoms with E-state index in [0.29, 0.717) is 53.6 Å². The minimum absolute atomic E-state index is 0.0240. The van der Waals surface area contributed by atoms with Gasteiger partial charge in [-0.25, -0.2) is 4.79 Å². The normalized spacial score (nSPS) is 14.3. The number of ether oxygens (including phenoxy) is 4. The van der Waals surface area contributed by atoms with E-state index in [1.807, 2.05) is 20.8 Å². The van der Waals surface area contributed by atoms with Crippen molar-refractivity contribution in [1.29, 1.82) is 0 Å². The predicted molar refractivity (Wildman–Crippen MR) is 135 cm³/mol. The van der Waals surface area contributed by atoms with Gasteiger partial charge in [-0.15, -0.1) is 0 Å². The van der Waals surface area contributed by atoms with Crippen LogP contribution in [0.5, 0.6) is 23.0 Å². The number of nitro groups is 1. The highest BCUT2D eigenvalue weighted by molar-refractivity contribution is 5.87. The quantitative estimate of drug-likeness (QED) is 0.305. The number of methoxy groups -OCH3 is 1. The van der Waals surface area contributed by atoms with E-state index in [1.54, 1.807) is 24.1 Å². The van der Waals surface area contributed by atoms with Crippen LogP contribution in [0.15, 0.2) is 42.6 Å². The Morgan fingerprint density at radius 1 is 1.11 bits per heavy atom. The SMILES string of the molecule is COc1cc2c(Oc3ccc([N+](=O)[O-])cc3)cnnc2cc1OCC1CCN(C(=O)OC(C)(C)C)CC1. The van der Waals surface area contributed by atoms with Crippen molar-refractivity contribution >= 4 is 22.7 Å². The monoisotopic (exact) mass is 510 g/mol. The van der Waals surface area contributed by atoms with Crippen molar-refractivity contribution in [3.05, 3.63) is 52.7 Å². The summed E-state index contributed by atoms with van der Waals surface area (Å²) < 4.78 is 23.1. The lowest BCUT2D eigenvalue weighted by atomic mass is 9.98. The third kappa shape index (κ3) is 6.54. The number of carbonyl (C=O) groups excluding carboxylic acids is 1. The van der Waals surface area contributed by atoms with E-state index in [1.165, 1.54) is 30.5 Å². The van der Waals surface area contributed by atoms with Crippen molar-refractivity contribution in [3.63, 3.8) is 0 Å². The van der Waals surface area contributed by atoms with Crippen LogP contribution in [0.3, 0.4) is 0 Å². The molecule has 1 aromatic heterocycles. The number of likely N-dealkylation sites (tertiary alicyclic amines) is 1. The molecule has 37 heavy (non-hydrogen) atoms. The summed E-state index contributed by atoms with van der Waals surface area (Å²) in [6.07, 6.45) is 2.81. The van der Waals surface area contributed by atoms with Crippen LogP contribution in [0.4, 0.5) is 10.5 Å². The van der Waals surface area contributed by atoms with Gasteiger partial charge in [0.1, 0.15) is 16.9 Å². The molecule has 1 fully saturated rings. The van der Waals surface area contributed by atoms with E-state index < -0.39 is 10.5 Å². The third-order valence-corrected chi connectivity index (χ3v) is 5.90. The van der Waals surface area contributed by atoms with Crippen LogP contribution >= 0.6 is 0 Å². The number of hydrogen-bond donors (Lipinski definition) is 0. The Balaban J connectivity index is 1.42. The van der Waals surface area contributed by atoms with Crippen molar-refractivity contribution < 1.29 is 28.7 Å². The zero-order chi connectivity index (χ0) is 26.6. The second kappa shape index (κ2) is 10.9. The zero-order valence-corrected chi connectivity index (χ0v) is 21.3. The Labute approximate surface area is 214 Å². The number of nitrogens with zero attached hydrogens (tertiary/aromatic N) is 4. The molecule has 0 saturated carbocycles. The molecule has 11 heteroatoms. The van der Waals surface area contributed by atoms with Crippen LogP contribution in [0, 0.1) is 16.0 Å². The van der Waals surface area contributed by atoms with Crippen LogP contribution in [0.25, 0.3) is 10.9 Å². The van der Waals surface area contributed by atoms with Gasteiger partial charge in [-0.1, -0.05) is 0 Å². The topological polar surface area (TPSA) is 126 Å². The first-order valence-electron chi connectivity index (χ1n) is 12.0. The van der Waals surface area contributed by atoms with Crippen LogP contribution in [-0.2, 0) is 4.74 Å². The van der Waals surface area contributed by atoms with Crippen molar-refractivity contribution in [1.82, 2.24) is 15.1 Å². The molecular weight excluding hydrogens is 480 g/mol. The Bertz CT molecular complexity index is 1270. The fourth-order valence-corrected chi connectivity index (χ4v) is 3.98. The summed E-state index contributed by atoms with van der Waals surface area (Å²) in [5.41, 5.74) is 0.0123. The van der Waals surface area contributed by atoms with Gasteiger partial charge in [-0.05, 0) is 57.7 Å². The molecule has 0 radical (unpaired) electrons. The van der Waals surface area contributed by atoms with Gasteiger partial charge in [0.15, 0.2) is 17.2 Å². The number of benzene rings is 2. The Kier molecular flexibility index (Phi) is 7.61. The lowest BCUT2D eigenvalue weighted by molar-refractivity contribution is -0.384. The first kappa shape index (κ1) is 25.9. The minimum atomic E-state index is -0.515. The van der Waals surface area contributed by atoms with E-state index in [-0.39, 0.29) is 17.7 Å². The summed E-state index contributed by atoms with van der Waals surface area (Å²) in [5, 5.41) is 19.8. The Hall–Kier alpha value is -4.15. The molecular formula is C26H30N4O7. The molecule has 1 saturated heterocycles. The van der Waals surface area contributed by atoms with Gasteiger partial charge < -0.3 is 23.8 Å². The molecule has 1 amide bonds. The number of fused-ring (bicyclic) bond motifs is 1. The van der Waals surface area contributed by atoms with Crippen LogP contribution in [0.2, 0.25) is 0 Å². The summed E-state index contributed by atoms with van der Waals surface area (Å²) in [5.74, 6) is 2.18. The van der Waals surface area contributed by atoms with Gasteiger partial charge >= 0.3 is 6.09 Å². The van der Waals surface area contributed by atoms with Crippen LogP contribution in [-0.4, -0.2) is 58.5 Å². The number of aromatic nitrogens is 2. The molecule has 2 aromatic carbocycles. The van der Waals surface area contributed by atoms with Crippen molar-refractivity contribution in [2.24, 2.45) is 5.92 Å². The fraction of sp³-hybridized carbons (Fsp3) is 0.423. The first-order valence-corrected chi connectivity index (χ1v) is 12.0. The predicted octanol–water partition coefficient (Wildman–Crippen LogP) is 5.36. The summed E-state index contributed by atoms with van der Waals surface area (Å²) in [6, 6.07) is 9.30. The lowest BCUT2D eigenvalue weighted by Gasteiger charge is -2.33. The molecule has 0 aliphatic carbocycles. The standard InChI is InChI=1S/C26H30N4O7/c1-26(2,3)37-25(31)29-11-9-17(10-12-29)16-35-23-14-21-20(13-22(23)34-4)24(15-27-28-21)36-19-7-5-18(6-8-19)30(32)33/h5-8,13-15,17H,9-12,16H2,1-4H3. The minimum Gasteiger partial charge on any atom is -0.493 e. The lowest BCUT2D eigenvalue weighted by Crippen LogP contribution is -2.42. The molecule has 0 spiro atoms. The highest BCUT2D eigenvalue weighted by Crippen LogP contribution is 2.37. The van der Waals surface area contributed by atoms with E-state index in [9.17, 15) is 14.9 Å². The molecule has 0 N–H and O–H groups in total. The molecule has 3 aromatic rings. The summed E-state index contributed by atoms with van der Waals surface area (Å²) in [4.78, 5) is 24.5. The number of amides is 1. The third-order valence-electron chi connectivity index (χ3n) is 5.90. The Morgan fingerprint density at radius 2 is 1.81 bits per heavy atom.